The summed E-state index contributed by atoms with van der Waals surface area (Å²) in [6.07, 6.45) is 8.70. The summed E-state index contributed by atoms with van der Waals surface area (Å²) in [5.74, 6) is 0. The zero-order chi connectivity index (χ0) is 35.9. The van der Waals surface area contributed by atoms with Crippen LogP contribution in [0.4, 0.5) is 34.1 Å². The Bertz CT molecular complexity index is 2230. The van der Waals surface area contributed by atoms with Gasteiger partial charge in [-0.05, 0) is 128 Å². The van der Waals surface area contributed by atoms with E-state index >= 15 is 0 Å². The highest BCUT2D eigenvalue weighted by Gasteiger charge is 2.13. The second-order valence-electron chi connectivity index (χ2n) is 13.5. The number of rotatable bonds is 10. The maximum absolute atomic E-state index is 2.31. The summed E-state index contributed by atoms with van der Waals surface area (Å²) in [4.78, 5) is 4.62. The normalized spacial score (nSPS) is 11.3. The first kappa shape index (κ1) is 34.1. The molecule has 7 aromatic rings. The molecule has 254 valence electrons. The van der Waals surface area contributed by atoms with Crippen LogP contribution < -0.4 is 9.80 Å². The van der Waals surface area contributed by atoms with Crippen molar-refractivity contribution in [2.24, 2.45) is 0 Å². The van der Waals surface area contributed by atoms with E-state index in [1.807, 2.05) is 0 Å². The van der Waals surface area contributed by atoms with E-state index in [0.717, 1.165) is 45.3 Å². The van der Waals surface area contributed by atoms with Gasteiger partial charge in [-0.15, -0.1) is 0 Å². The first-order valence-electron chi connectivity index (χ1n) is 17.9. The van der Waals surface area contributed by atoms with Gasteiger partial charge >= 0.3 is 0 Å². The predicted molar refractivity (Wildman–Crippen MR) is 225 cm³/mol. The van der Waals surface area contributed by atoms with Gasteiger partial charge in [-0.1, -0.05) is 138 Å². The highest BCUT2D eigenvalue weighted by molar-refractivity contribution is 5.80. The standard InChI is InChI=1S/C50H44N2/c1-37-8-26-45(27-9-37)51(46-28-10-38(2)11-29-46)48-32-22-43(23-33-48)20-18-41-14-16-42(17-15-41)19-21-44-24-34-49(35-25-44)52(47-30-12-39(3)13-31-47)50-7-5-6-40(4)36-50/h5-36H,1-4H3/b20-18+,21-19+. The van der Waals surface area contributed by atoms with Crippen LogP contribution in [0.3, 0.4) is 0 Å². The van der Waals surface area contributed by atoms with Crippen LogP contribution in [-0.2, 0) is 0 Å². The molecule has 2 heteroatoms. The fourth-order valence-corrected chi connectivity index (χ4v) is 6.32. The molecule has 0 heterocycles. The van der Waals surface area contributed by atoms with Gasteiger partial charge in [0.2, 0.25) is 0 Å². The maximum Gasteiger partial charge on any atom is 0.0464 e. The third kappa shape index (κ3) is 8.31. The molecule has 0 N–H and O–H groups in total. The van der Waals surface area contributed by atoms with Crippen LogP contribution in [0.25, 0.3) is 24.3 Å². The Morgan fingerprint density at radius 2 is 0.538 bits per heavy atom. The molecule has 52 heavy (non-hydrogen) atoms. The first-order valence-corrected chi connectivity index (χ1v) is 17.9. The summed E-state index contributed by atoms with van der Waals surface area (Å²) in [5.41, 5.74) is 16.5. The van der Waals surface area contributed by atoms with E-state index in [1.165, 1.54) is 33.4 Å². The zero-order valence-electron chi connectivity index (χ0n) is 30.4. The van der Waals surface area contributed by atoms with E-state index in [4.69, 9.17) is 0 Å². The summed E-state index contributed by atoms with van der Waals surface area (Å²) < 4.78 is 0. The van der Waals surface area contributed by atoms with Crippen LogP contribution in [0.2, 0.25) is 0 Å². The average Bonchev–Trinajstić information content (AvgIpc) is 3.17. The number of aryl methyl sites for hydroxylation is 4. The largest absolute Gasteiger partial charge is 0.311 e. The fraction of sp³-hybridized carbons (Fsp3) is 0.0800. The molecule has 0 spiro atoms. The lowest BCUT2D eigenvalue weighted by molar-refractivity contribution is 1.26. The molecule has 0 radical (unpaired) electrons. The number of hydrogen-bond acceptors (Lipinski definition) is 2. The molecular formula is C50H44N2. The molecule has 0 aliphatic heterocycles. The molecule has 0 aliphatic rings. The second kappa shape index (κ2) is 15.7. The van der Waals surface area contributed by atoms with Crippen molar-refractivity contribution in [1.29, 1.82) is 0 Å². The summed E-state index contributed by atoms with van der Waals surface area (Å²) >= 11 is 0. The van der Waals surface area contributed by atoms with Crippen molar-refractivity contribution in [2.45, 2.75) is 27.7 Å². The van der Waals surface area contributed by atoms with Crippen LogP contribution in [-0.4, -0.2) is 0 Å². The van der Waals surface area contributed by atoms with E-state index < -0.39 is 0 Å². The lowest BCUT2D eigenvalue weighted by Crippen LogP contribution is -2.10. The van der Waals surface area contributed by atoms with Gasteiger partial charge in [0, 0.05) is 34.1 Å². The minimum absolute atomic E-state index is 1.13. The molecule has 0 fully saturated rings. The molecule has 7 aromatic carbocycles. The zero-order valence-corrected chi connectivity index (χ0v) is 30.4. The third-order valence-electron chi connectivity index (χ3n) is 9.31. The van der Waals surface area contributed by atoms with Crippen molar-refractivity contribution in [2.75, 3.05) is 9.80 Å². The van der Waals surface area contributed by atoms with Crippen molar-refractivity contribution >= 4 is 58.4 Å². The van der Waals surface area contributed by atoms with Crippen molar-refractivity contribution < 1.29 is 0 Å². The summed E-state index contributed by atoms with van der Waals surface area (Å²) in [5, 5.41) is 0. The van der Waals surface area contributed by atoms with Crippen molar-refractivity contribution in [1.82, 2.24) is 0 Å². The Labute approximate surface area is 309 Å². The fourth-order valence-electron chi connectivity index (χ4n) is 6.32. The van der Waals surface area contributed by atoms with Crippen molar-refractivity contribution in [3.05, 3.63) is 214 Å². The van der Waals surface area contributed by atoms with Crippen LogP contribution >= 0.6 is 0 Å². The number of benzene rings is 7. The molecule has 0 unspecified atom stereocenters. The molecule has 0 aromatic heterocycles. The molecule has 2 nitrogen and oxygen atoms in total. The van der Waals surface area contributed by atoms with E-state index in [-0.39, 0.29) is 0 Å². The quantitative estimate of drug-likeness (QED) is 0.133. The van der Waals surface area contributed by atoms with Gasteiger partial charge in [0.15, 0.2) is 0 Å². The van der Waals surface area contributed by atoms with Crippen LogP contribution in [0.1, 0.15) is 44.5 Å². The highest BCUT2D eigenvalue weighted by Crippen LogP contribution is 2.36. The summed E-state index contributed by atoms with van der Waals surface area (Å²) in [6, 6.07) is 61.0. The van der Waals surface area contributed by atoms with Crippen molar-refractivity contribution in [3.63, 3.8) is 0 Å². The number of hydrogen-bond donors (Lipinski definition) is 0. The molecule has 7 rings (SSSR count). The van der Waals surface area contributed by atoms with Gasteiger partial charge in [0.05, 0.1) is 0 Å². The minimum Gasteiger partial charge on any atom is -0.311 e. The van der Waals surface area contributed by atoms with Crippen LogP contribution in [0.5, 0.6) is 0 Å². The predicted octanol–water partition coefficient (Wildman–Crippen LogP) is 14.2. The third-order valence-corrected chi connectivity index (χ3v) is 9.31. The van der Waals surface area contributed by atoms with Crippen LogP contribution in [0.15, 0.2) is 170 Å². The van der Waals surface area contributed by atoms with Gasteiger partial charge in [-0.3, -0.25) is 0 Å². The lowest BCUT2D eigenvalue weighted by Gasteiger charge is -2.26. The van der Waals surface area contributed by atoms with Gasteiger partial charge in [0.1, 0.15) is 0 Å². The van der Waals surface area contributed by atoms with E-state index in [0.29, 0.717) is 0 Å². The summed E-state index contributed by atoms with van der Waals surface area (Å²) in [7, 11) is 0. The SMILES string of the molecule is Cc1ccc(N(c2ccc(C)cc2)c2ccc(/C=C/c3ccc(/C=C/c4ccc(N(c5ccc(C)cc5)c5cccc(C)c5)cc4)cc3)cc2)cc1. The highest BCUT2D eigenvalue weighted by atomic mass is 15.1. The maximum atomic E-state index is 2.31. The van der Waals surface area contributed by atoms with E-state index in [1.54, 1.807) is 0 Å². The smallest absolute Gasteiger partial charge is 0.0464 e. The van der Waals surface area contributed by atoms with Gasteiger partial charge in [-0.2, -0.15) is 0 Å². The molecule has 0 atom stereocenters. The Balaban J connectivity index is 1.02. The molecular weight excluding hydrogens is 629 g/mol. The Hall–Kier alpha value is -6.38. The minimum atomic E-state index is 1.13. The molecule has 0 aliphatic carbocycles. The van der Waals surface area contributed by atoms with E-state index in [9.17, 15) is 0 Å². The number of anilines is 6. The second-order valence-corrected chi connectivity index (χ2v) is 13.5. The monoisotopic (exact) mass is 672 g/mol. The lowest BCUT2D eigenvalue weighted by atomic mass is 10.1. The Kier molecular flexibility index (Phi) is 10.3. The van der Waals surface area contributed by atoms with Gasteiger partial charge < -0.3 is 9.80 Å². The Morgan fingerprint density at radius 3 is 0.846 bits per heavy atom. The summed E-state index contributed by atoms with van der Waals surface area (Å²) in [6.45, 7) is 8.51. The van der Waals surface area contributed by atoms with E-state index in [2.05, 4.69) is 232 Å². The topological polar surface area (TPSA) is 6.48 Å². The first-order chi connectivity index (χ1) is 25.4. The molecule has 0 amide bonds. The van der Waals surface area contributed by atoms with Crippen molar-refractivity contribution in [3.8, 4) is 0 Å². The molecule has 0 saturated heterocycles. The molecule has 0 saturated carbocycles. The Morgan fingerprint density at radius 1 is 0.269 bits per heavy atom. The van der Waals surface area contributed by atoms with Crippen LogP contribution in [0, 0.1) is 27.7 Å². The average molecular weight is 673 g/mol. The van der Waals surface area contributed by atoms with Gasteiger partial charge in [0.25, 0.3) is 0 Å². The molecule has 0 bridgehead atoms. The van der Waals surface area contributed by atoms with Gasteiger partial charge in [-0.25, -0.2) is 0 Å². The number of nitrogens with zero attached hydrogens (tertiary/aromatic N) is 2.